The van der Waals surface area contributed by atoms with E-state index < -0.39 is 11.2 Å². The zero-order valence-electron chi connectivity index (χ0n) is 17.3. The third-order valence-corrected chi connectivity index (χ3v) is 7.43. The van der Waals surface area contributed by atoms with E-state index in [4.69, 9.17) is 9.72 Å². The summed E-state index contributed by atoms with van der Waals surface area (Å²) >= 11 is 0. The highest BCUT2D eigenvalue weighted by Gasteiger charge is 2.43. The summed E-state index contributed by atoms with van der Waals surface area (Å²) in [5.74, 6) is -1.30. The molecule has 6 nitrogen and oxygen atoms in total. The number of hydrogen-bond donors (Lipinski definition) is 1. The summed E-state index contributed by atoms with van der Waals surface area (Å²) in [6.45, 7) is 4.07. The maximum Gasteiger partial charge on any atom is 0.316 e. The van der Waals surface area contributed by atoms with Gasteiger partial charge in [-0.3, -0.25) is 9.59 Å². The van der Waals surface area contributed by atoms with E-state index in [0.29, 0.717) is 53.0 Å². The standard InChI is InChI=1S/C24H21FN2O4/c1-3-24(2)15-7-18-20-13(9-27(18)22(29)14(15)10-31-23(24)30)11-5-4-6-12-19(11)17(26-20)8-16(25)21(12)28/h7-8,28H,3-6,9-10H2,1-2H3. The van der Waals surface area contributed by atoms with Gasteiger partial charge in [0.2, 0.25) is 0 Å². The van der Waals surface area contributed by atoms with Crippen molar-refractivity contribution in [3.05, 3.63) is 56.1 Å². The van der Waals surface area contributed by atoms with Gasteiger partial charge < -0.3 is 14.4 Å². The zero-order chi connectivity index (χ0) is 21.7. The largest absolute Gasteiger partial charge is 0.505 e. The van der Waals surface area contributed by atoms with Crippen molar-refractivity contribution in [3.63, 3.8) is 0 Å². The molecular weight excluding hydrogens is 399 g/mol. The van der Waals surface area contributed by atoms with Gasteiger partial charge in [-0.15, -0.1) is 0 Å². The summed E-state index contributed by atoms with van der Waals surface area (Å²) in [6, 6.07) is 3.18. The number of esters is 1. The van der Waals surface area contributed by atoms with E-state index in [1.807, 2.05) is 19.9 Å². The molecule has 0 saturated carbocycles. The number of ether oxygens (including phenoxy) is 1. The highest BCUT2D eigenvalue weighted by atomic mass is 19.1. The smallest absolute Gasteiger partial charge is 0.316 e. The van der Waals surface area contributed by atoms with Gasteiger partial charge in [0, 0.05) is 22.6 Å². The van der Waals surface area contributed by atoms with Gasteiger partial charge in [-0.05, 0) is 49.8 Å². The van der Waals surface area contributed by atoms with Crippen LogP contribution in [0.4, 0.5) is 4.39 Å². The first-order valence-electron chi connectivity index (χ1n) is 10.7. The molecule has 0 amide bonds. The maximum atomic E-state index is 14.4. The number of rotatable bonds is 1. The minimum Gasteiger partial charge on any atom is -0.505 e. The van der Waals surface area contributed by atoms with Gasteiger partial charge in [0.25, 0.3) is 5.56 Å². The molecule has 6 rings (SSSR count). The molecular formula is C24H21FN2O4. The second-order valence-corrected chi connectivity index (χ2v) is 8.93. The number of cyclic esters (lactones) is 1. The van der Waals surface area contributed by atoms with Crippen LogP contribution in [0.2, 0.25) is 0 Å². The quantitative estimate of drug-likeness (QED) is 0.477. The summed E-state index contributed by atoms with van der Waals surface area (Å²) in [7, 11) is 0. The Labute approximate surface area is 177 Å². The van der Waals surface area contributed by atoms with Gasteiger partial charge in [0.05, 0.1) is 34.4 Å². The van der Waals surface area contributed by atoms with Crippen molar-refractivity contribution in [2.45, 2.75) is 58.1 Å². The van der Waals surface area contributed by atoms with Crippen molar-refractivity contribution in [2.75, 3.05) is 0 Å². The van der Waals surface area contributed by atoms with E-state index in [1.165, 1.54) is 6.07 Å². The van der Waals surface area contributed by atoms with Gasteiger partial charge in [-0.2, -0.15) is 0 Å². The van der Waals surface area contributed by atoms with Crippen LogP contribution in [-0.4, -0.2) is 20.6 Å². The molecule has 1 aromatic carbocycles. The number of hydrogen-bond acceptors (Lipinski definition) is 5. The second-order valence-electron chi connectivity index (χ2n) is 8.93. The summed E-state index contributed by atoms with van der Waals surface area (Å²) in [5, 5.41) is 11.1. The molecule has 1 aliphatic carbocycles. The Kier molecular flexibility index (Phi) is 3.55. The van der Waals surface area contributed by atoms with Crippen LogP contribution in [0, 0.1) is 5.82 Å². The van der Waals surface area contributed by atoms with E-state index in [-0.39, 0.29) is 23.9 Å². The normalized spacial score (nSPS) is 20.9. The number of fused-ring (bicyclic) bond motifs is 5. The van der Waals surface area contributed by atoms with Crippen molar-refractivity contribution in [1.82, 2.24) is 9.55 Å². The minimum atomic E-state index is -0.888. The molecule has 3 aromatic rings. The monoisotopic (exact) mass is 420 g/mol. The van der Waals surface area contributed by atoms with Gasteiger partial charge in [-0.1, -0.05) is 6.92 Å². The van der Waals surface area contributed by atoms with Crippen LogP contribution < -0.4 is 5.56 Å². The molecule has 4 heterocycles. The average molecular weight is 420 g/mol. The SMILES string of the molecule is CCC1(C)C(=O)OCc2c1cc1n(c2=O)Cc2c-1nc1cc(F)c(O)c3c1c2CCC3. The Morgan fingerprint density at radius 3 is 2.74 bits per heavy atom. The van der Waals surface area contributed by atoms with Crippen LogP contribution in [0.25, 0.3) is 22.3 Å². The molecule has 0 spiro atoms. The number of nitrogens with zero attached hydrogens (tertiary/aromatic N) is 2. The van der Waals surface area contributed by atoms with Crippen molar-refractivity contribution < 1.29 is 19.0 Å². The first-order valence-corrected chi connectivity index (χ1v) is 10.7. The van der Waals surface area contributed by atoms with E-state index in [9.17, 15) is 19.1 Å². The lowest BCUT2D eigenvalue weighted by atomic mass is 9.76. The van der Waals surface area contributed by atoms with Crippen molar-refractivity contribution in [2.24, 2.45) is 0 Å². The molecule has 1 N–H and O–H groups in total. The van der Waals surface area contributed by atoms with Crippen molar-refractivity contribution in [3.8, 4) is 17.1 Å². The summed E-state index contributed by atoms with van der Waals surface area (Å²) in [5.41, 5.74) is 4.56. The summed E-state index contributed by atoms with van der Waals surface area (Å²) in [6.07, 6.45) is 2.70. The molecule has 0 fully saturated rings. The molecule has 1 unspecified atom stereocenters. The fourth-order valence-electron chi connectivity index (χ4n) is 5.50. The van der Waals surface area contributed by atoms with Gasteiger partial charge >= 0.3 is 5.97 Å². The Morgan fingerprint density at radius 1 is 1.19 bits per heavy atom. The summed E-state index contributed by atoms with van der Waals surface area (Å²) in [4.78, 5) is 30.7. The number of benzene rings is 1. The minimum absolute atomic E-state index is 0.0231. The topological polar surface area (TPSA) is 81.4 Å². The number of carbonyl (C=O) groups excluding carboxylic acids is 1. The molecule has 158 valence electrons. The Bertz CT molecular complexity index is 1410. The number of pyridine rings is 2. The number of carbonyl (C=O) groups is 1. The van der Waals surface area contributed by atoms with Crippen LogP contribution >= 0.6 is 0 Å². The molecule has 0 saturated heterocycles. The van der Waals surface area contributed by atoms with Gasteiger partial charge in [0.1, 0.15) is 6.61 Å². The molecule has 3 aliphatic rings. The third-order valence-electron chi connectivity index (χ3n) is 7.43. The fraction of sp³-hybridized carbons (Fsp3) is 0.375. The van der Waals surface area contributed by atoms with Crippen LogP contribution in [0.15, 0.2) is 16.9 Å². The fourth-order valence-corrected chi connectivity index (χ4v) is 5.50. The molecule has 31 heavy (non-hydrogen) atoms. The lowest BCUT2D eigenvalue weighted by molar-refractivity contribution is -0.153. The predicted molar refractivity (Wildman–Crippen MR) is 112 cm³/mol. The Morgan fingerprint density at radius 2 is 1.97 bits per heavy atom. The number of phenols is 1. The lowest BCUT2D eigenvalue weighted by Crippen LogP contribution is -2.42. The predicted octanol–water partition coefficient (Wildman–Crippen LogP) is 3.48. The molecule has 0 bridgehead atoms. The first-order chi connectivity index (χ1) is 14.8. The zero-order valence-corrected chi connectivity index (χ0v) is 17.3. The van der Waals surface area contributed by atoms with Crippen LogP contribution in [0.1, 0.15) is 54.5 Å². The number of aromatic nitrogens is 2. The highest BCUT2D eigenvalue weighted by molar-refractivity contribution is 5.93. The van der Waals surface area contributed by atoms with Gasteiger partial charge in [0.15, 0.2) is 11.6 Å². The highest BCUT2D eigenvalue weighted by Crippen LogP contribution is 2.44. The van der Waals surface area contributed by atoms with Gasteiger partial charge in [-0.25, -0.2) is 9.37 Å². The lowest BCUT2D eigenvalue weighted by Gasteiger charge is -2.33. The molecule has 7 heteroatoms. The van der Waals surface area contributed by atoms with Crippen LogP contribution in [0.5, 0.6) is 5.75 Å². The Hall–Kier alpha value is -3.22. The van der Waals surface area contributed by atoms with E-state index in [0.717, 1.165) is 29.4 Å². The number of aromatic hydroxyl groups is 1. The Balaban J connectivity index is 1.68. The maximum absolute atomic E-state index is 14.4. The van der Waals surface area contributed by atoms with E-state index in [2.05, 4.69) is 0 Å². The van der Waals surface area contributed by atoms with E-state index in [1.54, 1.807) is 4.57 Å². The van der Waals surface area contributed by atoms with Crippen molar-refractivity contribution in [1.29, 1.82) is 0 Å². The number of halogens is 1. The average Bonchev–Trinajstić information content (AvgIpc) is 3.14. The third kappa shape index (κ3) is 2.18. The molecule has 1 atom stereocenters. The van der Waals surface area contributed by atoms with Crippen molar-refractivity contribution >= 4 is 16.9 Å². The second kappa shape index (κ2) is 5.93. The van der Waals surface area contributed by atoms with Crippen LogP contribution in [0.3, 0.4) is 0 Å². The first kappa shape index (κ1) is 18.5. The summed E-state index contributed by atoms with van der Waals surface area (Å²) < 4.78 is 21.4. The number of phenolic OH excluding ortho intramolecular Hbond substituents is 1. The molecule has 2 aromatic heterocycles. The number of aryl methyl sites for hydroxylation is 2. The molecule has 0 radical (unpaired) electrons. The molecule has 2 aliphatic heterocycles. The van der Waals surface area contributed by atoms with E-state index >= 15 is 0 Å². The van der Waals surface area contributed by atoms with Crippen LogP contribution in [-0.2, 0) is 40.9 Å².